The van der Waals surface area contributed by atoms with E-state index in [9.17, 15) is 17.6 Å². The van der Waals surface area contributed by atoms with E-state index in [1.165, 1.54) is 12.4 Å². The summed E-state index contributed by atoms with van der Waals surface area (Å²) in [5, 5.41) is -0.204. The van der Waals surface area contributed by atoms with Crippen molar-refractivity contribution in [3.63, 3.8) is 0 Å². The predicted octanol–water partition coefficient (Wildman–Crippen LogP) is 3.40. The topological polar surface area (TPSA) is 90.0 Å². The van der Waals surface area contributed by atoms with Crippen LogP contribution in [-0.4, -0.2) is 106 Å². The number of likely N-dealkylation sites (tertiary alicyclic amines) is 1. The number of hydrogen-bond acceptors (Lipinski definition) is 7. The minimum atomic E-state index is -3.20. The summed E-state index contributed by atoms with van der Waals surface area (Å²) in [5.74, 6) is -0.109. The van der Waals surface area contributed by atoms with Gasteiger partial charge in [-0.3, -0.25) is 14.6 Å². The first-order valence-corrected chi connectivity index (χ1v) is 16.8. The van der Waals surface area contributed by atoms with Crippen LogP contribution in [0.2, 0.25) is 0 Å². The van der Waals surface area contributed by atoms with Crippen molar-refractivity contribution < 1.29 is 17.6 Å². The van der Waals surface area contributed by atoms with Gasteiger partial charge in [0.15, 0.2) is 0 Å². The zero-order valence-electron chi connectivity index (χ0n) is 25.2. The Kier molecular flexibility index (Phi) is 7.91. The zero-order chi connectivity index (χ0) is 29.8. The van der Waals surface area contributed by atoms with Crippen LogP contribution in [0.25, 0.3) is 0 Å². The summed E-state index contributed by atoms with van der Waals surface area (Å²) in [4.78, 5) is 28.8. The lowest BCUT2D eigenvalue weighted by molar-refractivity contribution is -0.0492. The number of piperidine rings is 1. The average Bonchev–Trinajstić information content (AvgIpc) is 3.77. The first kappa shape index (κ1) is 29.6. The van der Waals surface area contributed by atoms with Gasteiger partial charge in [0, 0.05) is 69.4 Å². The zero-order valence-corrected chi connectivity index (χ0v) is 26.0. The minimum Gasteiger partial charge on any atom is -0.338 e. The lowest BCUT2D eigenvalue weighted by atomic mass is 9.84. The van der Waals surface area contributed by atoms with E-state index in [1.54, 1.807) is 16.4 Å². The Hall–Kier alpha value is -2.47. The van der Waals surface area contributed by atoms with Crippen molar-refractivity contribution in [3.05, 3.63) is 58.9 Å². The van der Waals surface area contributed by atoms with Gasteiger partial charge in [-0.15, -0.1) is 0 Å². The minimum absolute atomic E-state index is 0.0158. The lowest BCUT2D eigenvalue weighted by Gasteiger charge is -2.55. The number of carbonyl (C=O) groups excluding carboxylic acids is 1. The fraction of sp³-hybridized carbons (Fsp3) is 0.645. The fourth-order valence-electron chi connectivity index (χ4n) is 7.32. The molecule has 3 saturated heterocycles. The van der Waals surface area contributed by atoms with Gasteiger partial charge >= 0.3 is 0 Å². The molecule has 1 aliphatic carbocycles. The van der Waals surface area contributed by atoms with Crippen LogP contribution >= 0.6 is 0 Å². The van der Waals surface area contributed by atoms with E-state index in [2.05, 4.69) is 33.6 Å². The summed E-state index contributed by atoms with van der Waals surface area (Å²) in [6, 6.07) is 7.02. The third-order valence-corrected chi connectivity index (χ3v) is 12.5. The van der Waals surface area contributed by atoms with Gasteiger partial charge < -0.3 is 4.90 Å². The van der Waals surface area contributed by atoms with E-state index in [1.807, 2.05) is 24.8 Å². The molecule has 1 aromatic carbocycles. The maximum absolute atomic E-state index is 14.4. The van der Waals surface area contributed by atoms with Gasteiger partial charge in [-0.25, -0.2) is 27.1 Å². The molecule has 4 heterocycles. The van der Waals surface area contributed by atoms with Gasteiger partial charge in [-0.1, -0.05) is 12.1 Å². The van der Waals surface area contributed by atoms with Crippen molar-refractivity contribution in [1.82, 2.24) is 29.0 Å². The highest BCUT2D eigenvalue weighted by Crippen LogP contribution is 2.42. The SMILES string of the molecule is Cc1ncnc(C)c1C(=O)N1CCC(C)(N2CCN([C@@H](c3cccc(F)c3)C3CN(S(=O)(=O)C4CC4)C3)C(C)C2)CC1. The first-order valence-electron chi connectivity index (χ1n) is 15.3. The van der Waals surface area contributed by atoms with Crippen LogP contribution in [0.1, 0.15) is 72.9 Å². The number of aromatic nitrogens is 2. The summed E-state index contributed by atoms with van der Waals surface area (Å²) in [6.45, 7) is 13.2. The van der Waals surface area contributed by atoms with Crippen molar-refractivity contribution in [2.24, 2.45) is 5.92 Å². The number of aryl methyl sites for hydroxylation is 2. The van der Waals surface area contributed by atoms with E-state index in [0.717, 1.165) is 62.3 Å². The number of rotatable bonds is 7. The van der Waals surface area contributed by atoms with Crippen LogP contribution in [-0.2, 0) is 10.0 Å². The smallest absolute Gasteiger partial charge is 0.257 e. The number of sulfonamides is 1. The second-order valence-electron chi connectivity index (χ2n) is 13.1. The summed E-state index contributed by atoms with van der Waals surface area (Å²) < 4.78 is 41.7. The molecule has 1 saturated carbocycles. The molecular formula is C31H43FN6O3S. The Labute approximate surface area is 249 Å². The third kappa shape index (κ3) is 5.49. The van der Waals surface area contributed by atoms with Gasteiger partial charge in [0.2, 0.25) is 10.0 Å². The lowest BCUT2D eigenvalue weighted by Crippen LogP contribution is -2.64. The van der Waals surface area contributed by atoms with Gasteiger partial charge in [0.1, 0.15) is 12.1 Å². The van der Waals surface area contributed by atoms with Crippen molar-refractivity contribution in [2.75, 3.05) is 45.8 Å². The summed E-state index contributed by atoms with van der Waals surface area (Å²) in [7, 11) is -3.20. The second kappa shape index (κ2) is 11.2. The van der Waals surface area contributed by atoms with Crippen LogP contribution < -0.4 is 0 Å². The third-order valence-electron chi connectivity index (χ3n) is 10.2. The number of amides is 1. The number of benzene rings is 1. The van der Waals surface area contributed by atoms with Gasteiger partial charge in [0.05, 0.1) is 22.2 Å². The maximum atomic E-state index is 14.4. The number of nitrogens with zero attached hydrogens (tertiary/aromatic N) is 6. The standard InChI is InChI=1S/C31H43FN6O3S/c1-21-17-36(31(4)10-12-35(13-11-31)30(39)28-22(2)33-20-34-23(28)3)14-15-38(21)29(24-6-5-7-26(32)16-24)25-18-37(19-25)42(40,41)27-8-9-27/h5-7,16,20-21,25,27,29H,8-15,17-19H2,1-4H3/t21?,29-/m0/s1. The largest absolute Gasteiger partial charge is 0.338 e. The average molecular weight is 599 g/mol. The molecule has 1 aromatic heterocycles. The second-order valence-corrected chi connectivity index (χ2v) is 15.3. The molecule has 4 aliphatic rings. The molecule has 2 aromatic rings. The van der Waals surface area contributed by atoms with Crippen molar-refractivity contribution in [3.8, 4) is 0 Å². The molecule has 1 amide bonds. The molecule has 11 heteroatoms. The van der Waals surface area contributed by atoms with Crippen LogP contribution in [0.15, 0.2) is 30.6 Å². The maximum Gasteiger partial charge on any atom is 0.257 e. The van der Waals surface area contributed by atoms with E-state index < -0.39 is 10.0 Å². The molecule has 0 N–H and O–H groups in total. The molecule has 0 bridgehead atoms. The van der Waals surface area contributed by atoms with Crippen LogP contribution in [0.3, 0.4) is 0 Å². The highest BCUT2D eigenvalue weighted by Gasteiger charge is 2.49. The van der Waals surface area contributed by atoms with E-state index in [4.69, 9.17) is 0 Å². The van der Waals surface area contributed by atoms with Crippen LogP contribution in [0.5, 0.6) is 0 Å². The predicted molar refractivity (Wildman–Crippen MR) is 159 cm³/mol. The summed E-state index contributed by atoms with van der Waals surface area (Å²) in [6.07, 6.45) is 4.81. The quantitative estimate of drug-likeness (QED) is 0.483. The first-order chi connectivity index (χ1) is 20.0. The fourth-order valence-corrected chi connectivity index (χ4v) is 9.27. The van der Waals surface area contributed by atoms with Crippen molar-refractivity contribution in [1.29, 1.82) is 0 Å². The summed E-state index contributed by atoms with van der Waals surface area (Å²) >= 11 is 0. The molecule has 9 nitrogen and oxygen atoms in total. The molecule has 1 unspecified atom stereocenters. The molecule has 4 fully saturated rings. The van der Waals surface area contributed by atoms with Crippen molar-refractivity contribution in [2.45, 2.75) is 76.3 Å². The van der Waals surface area contributed by atoms with E-state index >= 15 is 0 Å². The molecular weight excluding hydrogens is 555 g/mol. The number of piperazine rings is 1. The molecule has 2 atom stereocenters. The van der Waals surface area contributed by atoms with E-state index in [-0.39, 0.29) is 40.5 Å². The molecule has 0 radical (unpaired) electrons. The molecule has 3 aliphatic heterocycles. The normalized spacial score (nSPS) is 25.3. The summed E-state index contributed by atoms with van der Waals surface area (Å²) in [5.41, 5.74) is 2.97. The van der Waals surface area contributed by atoms with E-state index in [0.29, 0.717) is 31.7 Å². The van der Waals surface area contributed by atoms with Crippen molar-refractivity contribution >= 4 is 15.9 Å². The molecule has 6 rings (SSSR count). The Morgan fingerprint density at radius 3 is 2.29 bits per heavy atom. The Morgan fingerprint density at radius 2 is 1.69 bits per heavy atom. The van der Waals surface area contributed by atoms with Gasteiger partial charge in [-0.2, -0.15) is 0 Å². The Bertz CT molecular complexity index is 1420. The van der Waals surface area contributed by atoms with Crippen LogP contribution in [0, 0.1) is 25.6 Å². The number of halogens is 1. The highest BCUT2D eigenvalue weighted by atomic mass is 32.2. The Balaban J connectivity index is 1.12. The van der Waals surface area contributed by atoms with Crippen LogP contribution in [0.4, 0.5) is 4.39 Å². The van der Waals surface area contributed by atoms with Gasteiger partial charge in [-0.05, 0) is 71.1 Å². The molecule has 0 spiro atoms. The molecule has 42 heavy (non-hydrogen) atoms. The Morgan fingerprint density at radius 1 is 1.02 bits per heavy atom. The number of carbonyl (C=O) groups is 1. The highest BCUT2D eigenvalue weighted by molar-refractivity contribution is 7.90. The van der Waals surface area contributed by atoms with Gasteiger partial charge in [0.25, 0.3) is 5.91 Å². The molecule has 228 valence electrons. The monoisotopic (exact) mass is 598 g/mol. The number of hydrogen-bond donors (Lipinski definition) is 0.